The van der Waals surface area contributed by atoms with Gasteiger partial charge in [-0.2, -0.15) is 0 Å². The molecular formula is C18H27KN2O3S. The van der Waals surface area contributed by atoms with Gasteiger partial charge in [0.15, 0.2) is 0 Å². The van der Waals surface area contributed by atoms with Gasteiger partial charge in [-0.25, -0.2) is 13.4 Å². The first-order valence-electron chi connectivity index (χ1n) is 8.95. The second-order valence-corrected chi connectivity index (χ2v) is 7.77. The van der Waals surface area contributed by atoms with E-state index in [2.05, 4.69) is 16.9 Å². The maximum absolute atomic E-state index is 11.0. The maximum atomic E-state index is 11.0. The van der Waals surface area contributed by atoms with Crippen molar-refractivity contribution in [2.75, 3.05) is 0 Å². The van der Waals surface area contributed by atoms with Crippen LogP contribution in [0.2, 0.25) is 0 Å². The normalized spacial score (nSPS) is 11.6. The van der Waals surface area contributed by atoms with Crippen LogP contribution in [0.4, 0.5) is 0 Å². The van der Waals surface area contributed by atoms with Crippen molar-refractivity contribution >= 4 is 21.2 Å². The number of aromatic amines is 1. The quantitative estimate of drug-likeness (QED) is 0.358. The molecule has 0 atom stereocenters. The van der Waals surface area contributed by atoms with Gasteiger partial charge in [-0.3, -0.25) is 0 Å². The second kappa shape index (κ2) is 11.8. The van der Waals surface area contributed by atoms with Crippen LogP contribution in [-0.4, -0.2) is 22.9 Å². The summed E-state index contributed by atoms with van der Waals surface area (Å²) in [6.07, 6.45) is 12.3. The van der Waals surface area contributed by atoms with E-state index in [0.717, 1.165) is 18.7 Å². The summed E-state index contributed by atoms with van der Waals surface area (Å²) < 4.78 is 33.1. The van der Waals surface area contributed by atoms with Crippen molar-refractivity contribution in [3.63, 3.8) is 0 Å². The van der Waals surface area contributed by atoms with Crippen LogP contribution in [0.3, 0.4) is 0 Å². The minimum atomic E-state index is -4.42. The van der Waals surface area contributed by atoms with E-state index in [-0.39, 0.29) is 56.3 Å². The van der Waals surface area contributed by atoms with Gasteiger partial charge >= 0.3 is 51.4 Å². The SMILES string of the molecule is CCCCCCCCCCCc1nc2ccc(S(=O)(=O)[O-])cc2[nH]1.[K+]. The van der Waals surface area contributed by atoms with Crippen LogP contribution in [-0.2, 0) is 16.5 Å². The van der Waals surface area contributed by atoms with E-state index in [9.17, 15) is 13.0 Å². The number of nitrogens with zero attached hydrogens (tertiary/aromatic N) is 1. The molecular weight excluding hydrogens is 363 g/mol. The molecule has 134 valence electrons. The molecule has 1 N–H and O–H groups in total. The summed E-state index contributed by atoms with van der Waals surface area (Å²) in [7, 11) is -4.42. The molecule has 0 spiro atoms. The first-order valence-corrected chi connectivity index (χ1v) is 10.4. The predicted octanol–water partition coefficient (Wildman–Crippen LogP) is 1.54. The zero-order valence-electron chi connectivity index (χ0n) is 15.4. The van der Waals surface area contributed by atoms with E-state index < -0.39 is 10.1 Å². The first kappa shape index (κ1) is 23.3. The van der Waals surface area contributed by atoms with Gasteiger partial charge in [0.05, 0.1) is 15.9 Å². The molecule has 0 radical (unpaired) electrons. The van der Waals surface area contributed by atoms with Gasteiger partial charge in [0.2, 0.25) is 0 Å². The molecule has 25 heavy (non-hydrogen) atoms. The summed E-state index contributed by atoms with van der Waals surface area (Å²) in [6, 6.07) is 4.26. The van der Waals surface area contributed by atoms with Gasteiger partial charge in [0, 0.05) is 6.42 Å². The van der Waals surface area contributed by atoms with Crippen molar-refractivity contribution in [1.82, 2.24) is 9.97 Å². The summed E-state index contributed by atoms with van der Waals surface area (Å²) in [5.41, 5.74) is 1.31. The van der Waals surface area contributed by atoms with Gasteiger partial charge < -0.3 is 9.54 Å². The Morgan fingerprint density at radius 1 is 1.00 bits per heavy atom. The minimum Gasteiger partial charge on any atom is -0.744 e. The number of benzene rings is 1. The van der Waals surface area contributed by atoms with Crippen LogP contribution in [0.15, 0.2) is 23.1 Å². The number of hydrogen-bond acceptors (Lipinski definition) is 4. The number of rotatable bonds is 11. The molecule has 0 saturated carbocycles. The van der Waals surface area contributed by atoms with Gasteiger partial charge in [0.1, 0.15) is 15.9 Å². The van der Waals surface area contributed by atoms with E-state index in [0.29, 0.717) is 11.0 Å². The monoisotopic (exact) mass is 390 g/mol. The molecule has 0 saturated heterocycles. The summed E-state index contributed by atoms with van der Waals surface area (Å²) in [6.45, 7) is 2.23. The van der Waals surface area contributed by atoms with Crippen LogP contribution in [0.1, 0.15) is 70.5 Å². The average Bonchev–Trinajstić information content (AvgIpc) is 2.94. The number of imidazole rings is 1. The van der Waals surface area contributed by atoms with Crippen molar-refractivity contribution in [3.8, 4) is 0 Å². The Morgan fingerprint density at radius 2 is 1.60 bits per heavy atom. The third kappa shape index (κ3) is 8.20. The smallest absolute Gasteiger partial charge is 0.744 e. The summed E-state index contributed by atoms with van der Waals surface area (Å²) in [5, 5.41) is 0. The van der Waals surface area contributed by atoms with E-state index in [4.69, 9.17) is 0 Å². The van der Waals surface area contributed by atoms with Crippen molar-refractivity contribution in [1.29, 1.82) is 0 Å². The van der Waals surface area contributed by atoms with Crippen molar-refractivity contribution in [3.05, 3.63) is 24.0 Å². The summed E-state index contributed by atoms with van der Waals surface area (Å²) in [4.78, 5) is 7.36. The van der Waals surface area contributed by atoms with E-state index >= 15 is 0 Å². The summed E-state index contributed by atoms with van der Waals surface area (Å²) >= 11 is 0. The Hall–Kier alpha value is 0.236. The fourth-order valence-corrected chi connectivity index (χ4v) is 3.42. The maximum Gasteiger partial charge on any atom is 1.00 e. The minimum absolute atomic E-state index is 0. The van der Waals surface area contributed by atoms with Gasteiger partial charge in [-0.1, -0.05) is 58.3 Å². The van der Waals surface area contributed by atoms with Gasteiger partial charge in [-0.15, -0.1) is 0 Å². The Morgan fingerprint density at radius 3 is 2.20 bits per heavy atom. The third-order valence-electron chi connectivity index (χ3n) is 4.31. The molecule has 1 aromatic carbocycles. The first-order chi connectivity index (χ1) is 11.5. The fraction of sp³-hybridized carbons (Fsp3) is 0.611. The third-order valence-corrected chi connectivity index (χ3v) is 5.14. The number of aryl methyl sites for hydroxylation is 1. The van der Waals surface area contributed by atoms with Gasteiger partial charge in [-0.05, 0) is 24.6 Å². The topological polar surface area (TPSA) is 85.9 Å². The van der Waals surface area contributed by atoms with Crippen LogP contribution >= 0.6 is 0 Å². The van der Waals surface area contributed by atoms with Crippen molar-refractivity contribution < 1.29 is 64.4 Å². The number of aromatic nitrogens is 2. The van der Waals surface area contributed by atoms with Crippen LogP contribution in [0, 0.1) is 0 Å². The number of fused-ring (bicyclic) bond motifs is 1. The van der Waals surface area contributed by atoms with Crippen molar-refractivity contribution in [2.24, 2.45) is 0 Å². The molecule has 2 aromatic rings. The number of nitrogens with one attached hydrogen (secondary N) is 1. The largest absolute Gasteiger partial charge is 1.00 e. The van der Waals surface area contributed by atoms with Crippen molar-refractivity contribution in [2.45, 2.75) is 76.0 Å². The average molecular weight is 391 g/mol. The molecule has 2 rings (SSSR count). The molecule has 0 bridgehead atoms. The zero-order valence-corrected chi connectivity index (χ0v) is 19.3. The Labute approximate surface area is 193 Å². The Kier molecular flexibility index (Phi) is 11.0. The van der Waals surface area contributed by atoms with E-state index in [1.807, 2.05) is 0 Å². The standard InChI is InChI=1S/C18H28N2O3S.K/c1-2-3-4-5-6-7-8-9-10-11-18-19-16-13-12-15(24(21,22)23)14-17(16)20-18;/h12-14H,2-11H2,1H3,(H,19,20)(H,21,22,23);/q;+1/p-1. The molecule has 1 heterocycles. The number of H-pyrrole nitrogens is 1. The molecule has 0 aliphatic rings. The van der Waals surface area contributed by atoms with Crippen LogP contribution < -0.4 is 51.4 Å². The fourth-order valence-electron chi connectivity index (χ4n) is 2.92. The molecule has 0 aliphatic heterocycles. The molecule has 5 nitrogen and oxygen atoms in total. The summed E-state index contributed by atoms with van der Waals surface area (Å²) in [5.74, 6) is 0.855. The Balaban J connectivity index is 0.00000312. The van der Waals surface area contributed by atoms with Crippen LogP contribution in [0.25, 0.3) is 11.0 Å². The molecule has 0 unspecified atom stereocenters. The predicted molar refractivity (Wildman–Crippen MR) is 95.0 cm³/mol. The molecule has 1 aromatic heterocycles. The Bertz CT molecular complexity index is 744. The van der Waals surface area contributed by atoms with Crippen LogP contribution in [0.5, 0.6) is 0 Å². The van der Waals surface area contributed by atoms with E-state index in [1.165, 1.54) is 63.5 Å². The second-order valence-electron chi connectivity index (χ2n) is 6.40. The molecule has 0 amide bonds. The molecule has 0 aliphatic carbocycles. The molecule has 7 heteroatoms. The van der Waals surface area contributed by atoms with Gasteiger partial charge in [0.25, 0.3) is 0 Å². The van der Waals surface area contributed by atoms with E-state index in [1.54, 1.807) is 6.07 Å². The molecule has 0 fully saturated rings. The number of hydrogen-bond donors (Lipinski definition) is 1. The zero-order chi connectivity index (χ0) is 17.4. The number of unbranched alkanes of at least 4 members (excludes halogenated alkanes) is 8.